The molecular formula is C23H16F3N5O. The third kappa shape index (κ3) is 3.37. The first-order valence-corrected chi connectivity index (χ1v) is 9.67. The van der Waals surface area contributed by atoms with E-state index in [-0.39, 0.29) is 11.4 Å². The number of fused-ring (bicyclic) bond motifs is 2. The van der Waals surface area contributed by atoms with Crippen LogP contribution in [0.5, 0.6) is 5.75 Å². The number of H-pyrrole nitrogens is 1. The number of para-hydroxylation sites is 2. The zero-order valence-electron chi connectivity index (χ0n) is 16.7. The van der Waals surface area contributed by atoms with Crippen LogP contribution in [0.25, 0.3) is 33.2 Å². The molecule has 0 amide bonds. The van der Waals surface area contributed by atoms with E-state index < -0.39 is 11.7 Å². The van der Waals surface area contributed by atoms with Crippen LogP contribution in [0.3, 0.4) is 0 Å². The van der Waals surface area contributed by atoms with Gasteiger partial charge in [-0.15, -0.1) is 0 Å². The van der Waals surface area contributed by atoms with E-state index in [1.165, 1.54) is 25.3 Å². The lowest BCUT2D eigenvalue weighted by atomic mass is 10.1. The Morgan fingerprint density at radius 3 is 2.41 bits per heavy atom. The van der Waals surface area contributed by atoms with E-state index in [0.29, 0.717) is 28.3 Å². The van der Waals surface area contributed by atoms with Crippen molar-refractivity contribution in [1.29, 1.82) is 0 Å². The number of halogens is 3. The lowest BCUT2D eigenvalue weighted by Gasteiger charge is -2.15. The summed E-state index contributed by atoms with van der Waals surface area (Å²) in [4.78, 5) is 8.91. The number of aromatic nitrogens is 4. The number of hydrogen-bond donors (Lipinski definition) is 2. The minimum absolute atomic E-state index is 0.0720. The Hall–Kier alpha value is -4.14. The summed E-state index contributed by atoms with van der Waals surface area (Å²) < 4.78 is 46.4. The predicted molar refractivity (Wildman–Crippen MR) is 116 cm³/mol. The zero-order chi connectivity index (χ0) is 22.3. The van der Waals surface area contributed by atoms with Gasteiger partial charge in [-0.1, -0.05) is 36.4 Å². The molecule has 0 bridgehead atoms. The largest absolute Gasteiger partial charge is 0.494 e. The van der Waals surface area contributed by atoms with Gasteiger partial charge in [-0.05, 0) is 30.3 Å². The van der Waals surface area contributed by atoms with Gasteiger partial charge >= 0.3 is 6.18 Å². The third-order valence-electron chi connectivity index (χ3n) is 5.09. The van der Waals surface area contributed by atoms with Crippen LogP contribution in [0.1, 0.15) is 5.56 Å². The van der Waals surface area contributed by atoms with Crippen LogP contribution in [-0.2, 0) is 6.18 Å². The van der Waals surface area contributed by atoms with E-state index in [1.807, 2.05) is 24.3 Å². The van der Waals surface area contributed by atoms with Gasteiger partial charge in [0.2, 0.25) is 0 Å². The molecule has 2 N–H and O–H groups in total. The first-order chi connectivity index (χ1) is 15.5. The van der Waals surface area contributed by atoms with Crippen molar-refractivity contribution in [2.75, 3.05) is 12.4 Å². The lowest BCUT2D eigenvalue weighted by Crippen LogP contribution is -2.09. The molecule has 5 aromatic rings. The highest BCUT2D eigenvalue weighted by atomic mass is 19.4. The summed E-state index contributed by atoms with van der Waals surface area (Å²) in [5.41, 5.74) is 0.265. The summed E-state index contributed by atoms with van der Waals surface area (Å²) in [6.07, 6.45) is -4.55. The molecule has 0 aliphatic heterocycles. The molecule has 2 aromatic heterocycles. The summed E-state index contributed by atoms with van der Waals surface area (Å²) in [7, 11) is 1.48. The molecule has 2 heterocycles. The fraction of sp³-hybridized carbons (Fsp3) is 0.0870. The minimum atomic E-state index is -4.55. The first-order valence-electron chi connectivity index (χ1n) is 9.67. The highest BCUT2D eigenvalue weighted by molar-refractivity contribution is 5.98. The summed E-state index contributed by atoms with van der Waals surface area (Å²) in [6, 6.07) is 18.0. The molecule has 6 nitrogen and oxygen atoms in total. The Bertz CT molecular complexity index is 1450. The standard InChI is InChI=1S/C23H16F3N5O/c1-32-18-12-6-9-15-19(18)27-20(13-7-2-4-10-16(13)23(24,25)26)28-21(15)29-22-14-8-3-5-11-17(14)30-31-22/h2-12H,1H3,(H2,27,28,29,30,31). The molecule has 160 valence electrons. The molecule has 0 fully saturated rings. The normalized spacial score (nSPS) is 11.8. The van der Waals surface area contributed by atoms with Gasteiger partial charge in [0.25, 0.3) is 0 Å². The van der Waals surface area contributed by atoms with Crippen molar-refractivity contribution in [3.8, 4) is 17.1 Å². The molecule has 0 aliphatic carbocycles. The molecule has 0 radical (unpaired) electrons. The van der Waals surface area contributed by atoms with Gasteiger partial charge in [0.1, 0.15) is 17.1 Å². The van der Waals surface area contributed by atoms with E-state index in [1.54, 1.807) is 18.2 Å². The molecule has 32 heavy (non-hydrogen) atoms. The van der Waals surface area contributed by atoms with Crippen molar-refractivity contribution in [2.24, 2.45) is 0 Å². The van der Waals surface area contributed by atoms with Gasteiger partial charge in [-0.3, -0.25) is 5.10 Å². The molecule has 3 aromatic carbocycles. The minimum Gasteiger partial charge on any atom is -0.494 e. The smallest absolute Gasteiger partial charge is 0.417 e. The van der Waals surface area contributed by atoms with Crippen molar-refractivity contribution in [3.05, 3.63) is 72.3 Å². The maximum atomic E-state index is 13.7. The Morgan fingerprint density at radius 1 is 0.844 bits per heavy atom. The van der Waals surface area contributed by atoms with Gasteiger partial charge in [0, 0.05) is 16.3 Å². The average molecular weight is 435 g/mol. The summed E-state index contributed by atoms with van der Waals surface area (Å²) >= 11 is 0. The number of rotatable bonds is 4. The predicted octanol–water partition coefficient (Wildman–Crippen LogP) is 5.94. The fourth-order valence-corrected chi connectivity index (χ4v) is 3.60. The zero-order valence-corrected chi connectivity index (χ0v) is 16.7. The number of hydrogen-bond acceptors (Lipinski definition) is 5. The highest BCUT2D eigenvalue weighted by Gasteiger charge is 2.34. The number of nitrogens with one attached hydrogen (secondary N) is 2. The van der Waals surface area contributed by atoms with E-state index >= 15 is 0 Å². The number of methoxy groups -OCH3 is 1. The monoisotopic (exact) mass is 435 g/mol. The molecule has 0 saturated heterocycles. The Labute approximate surface area is 180 Å². The Morgan fingerprint density at radius 2 is 1.59 bits per heavy atom. The summed E-state index contributed by atoms with van der Waals surface area (Å²) in [5.74, 6) is 1.17. The molecule has 9 heteroatoms. The van der Waals surface area contributed by atoms with E-state index in [9.17, 15) is 13.2 Å². The molecule has 5 rings (SSSR count). The van der Waals surface area contributed by atoms with Gasteiger partial charge in [-0.25, -0.2) is 9.97 Å². The number of aromatic amines is 1. The number of anilines is 2. The van der Waals surface area contributed by atoms with E-state index in [0.717, 1.165) is 17.0 Å². The molecular weight excluding hydrogens is 419 g/mol. The average Bonchev–Trinajstić information content (AvgIpc) is 3.21. The van der Waals surface area contributed by atoms with Crippen molar-refractivity contribution in [2.45, 2.75) is 6.18 Å². The SMILES string of the molecule is COc1cccc2c(Nc3n[nH]c4ccccc34)nc(-c3ccccc3C(F)(F)F)nc12. The van der Waals surface area contributed by atoms with Crippen LogP contribution in [0.15, 0.2) is 66.7 Å². The fourth-order valence-electron chi connectivity index (χ4n) is 3.60. The molecule has 0 unspecified atom stereocenters. The Kier molecular flexibility index (Phi) is 4.66. The molecule has 0 saturated carbocycles. The quantitative estimate of drug-likeness (QED) is 0.365. The van der Waals surface area contributed by atoms with Crippen LogP contribution in [0.4, 0.5) is 24.8 Å². The maximum absolute atomic E-state index is 13.7. The maximum Gasteiger partial charge on any atom is 0.417 e. The van der Waals surface area contributed by atoms with Crippen LogP contribution < -0.4 is 10.1 Å². The lowest BCUT2D eigenvalue weighted by molar-refractivity contribution is -0.137. The van der Waals surface area contributed by atoms with Crippen molar-refractivity contribution >= 4 is 33.4 Å². The highest BCUT2D eigenvalue weighted by Crippen LogP contribution is 2.38. The molecule has 0 spiro atoms. The molecule has 0 aliphatic rings. The van der Waals surface area contributed by atoms with Gasteiger partial charge < -0.3 is 10.1 Å². The second kappa shape index (κ2) is 7.52. The third-order valence-corrected chi connectivity index (χ3v) is 5.09. The number of nitrogens with zero attached hydrogens (tertiary/aromatic N) is 3. The second-order valence-corrected chi connectivity index (χ2v) is 7.04. The first kappa shape index (κ1) is 19.8. The van der Waals surface area contributed by atoms with Crippen molar-refractivity contribution in [3.63, 3.8) is 0 Å². The molecule has 0 atom stereocenters. The van der Waals surface area contributed by atoms with E-state index in [2.05, 4.69) is 25.5 Å². The van der Waals surface area contributed by atoms with Crippen LogP contribution in [0.2, 0.25) is 0 Å². The topological polar surface area (TPSA) is 75.7 Å². The van der Waals surface area contributed by atoms with E-state index in [4.69, 9.17) is 4.74 Å². The van der Waals surface area contributed by atoms with Crippen molar-refractivity contribution < 1.29 is 17.9 Å². The number of alkyl halides is 3. The second-order valence-electron chi connectivity index (χ2n) is 7.04. The van der Waals surface area contributed by atoms with Crippen LogP contribution in [0, 0.1) is 0 Å². The van der Waals surface area contributed by atoms with Crippen LogP contribution in [-0.4, -0.2) is 27.3 Å². The number of ether oxygens (including phenoxy) is 1. The summed E-state index contributed by atoms with van der Waals surface area (Å²) in [6.45, 7) is 0. The Balaban J connectivity index is 1.75. The van der Waals surface area contributed by atoms with Gasteiger partial charge in [0.05, 0.1) is 18.2 Å². The van der Waals surface area contributed by atoms with Gasteiger partial charge in [0.15, 0.2) is 11.6 Å². The van der Waals surface area contributed by atoms with Gasteiger partial charge in [-0.2, -0.15) is 18.3 Å². The summed E-state index contributed by atoms with van der Waals surface area (Å²) in [5, 5.41) is 11.8. The number of benzene rings is 3. The van der Waals surface area contributed by atoms with Crippen LogP contribution >= 0.6 is 0 Å². The van der Waals surface area contributed by atoms with Crippen molar-refractivity contribution in [1.82, 2.24) is 20.2 Å².